The molecule has 0 aliphatic rings. The van der Waals surface area contributed by atoms with Crippen molar-refractivity contribution < 1.29 is 46.1 Å². The molecular formula is C23H24F6O4. The monoisotopic (exact) mass is 478 g/mol. The van der Waals surface area contributed by atoms with E-state index in [1.165, 1.54) is 13.8 Å². The Morgan fingerprint density at radius 3 is 1.82 bits per heavy atom. The molecule has 0 radical (unpaired) electrons. The molecule has 0 fully saturated rings. The van der Waals surface area contributed by atoms with Crippen molar-refractivity contribution in [1.82, 2.24) is 0 Å². The van der Waals surface area contributed by atoms with Gasteiger partial charge in [0.15, 0.2) is 0 Å². The van der Waals surface area contributed by atoms with E-state index in [1.807, 2.05) is 0 Å². The van der Waals surface area contributed by atoms with E-state index in [0.717, 1.165) is 0 Å². The van der Waals surface area contributed by atoms with Gasteiger partial charge in [0.05, 0.1) is 29.8 Å². The van der Waals surface area contributed by atoms with Gasteiger partial charge in [-0.3, -0.25) is 4.79 Å². The first-order valence-corrected chi connectivity index (χ1v) is 9.92. The van der Waals surface area contributed by atoms with E-state index >= 15 is 0 Å². The summed E-state index contributed by atoms with van der Waals surface area (Å²) in [5.41, 5.74) is -5.78. The van der Waals surface area contributed by atoms with Crippen LogP contribution in [0.2, 0.25) is 0 Å². The molecule has 2 rings (SSSR count). The quantitative estimate of drug-likeness (QED) is 0.433. The highest BCUT2D eigenvalue weighted by molar-refractivity contribution is 5.73. The van der Waals surface area contributed by atoms with Gasteiger partial charge < -0.3 is 14.9 Å². The predicted octanol–water partition coefficient (Wildman–Crippen LogP) is 6.02. The first-order chi connectivity index (χ1) is 15.0. The van der Waals surface area contributed by atoms with E-state index in [0.29, 0.717) is 17.7 Å². The molecule has 0 aliphatic carbocycles. The molecule has 10 heteroatoms. The Morgan fingerprint density at radius 1 is 0.848 bits per heavy atom. The number of benzene rings is 2. The maximum absolute atomic E-state index is 13.1. The average Bonchev–Trinajstić information content (AvgIpc) is 2.71. The molecule has 0 aromatic heterocycles. The summed E-state index contributed by atoms with van der Waals surface area (Å²) < 4.78 is 83.7. The number of rotatable bonds is 9. The lowest BCUT2D eigenvalue weighted by Crippen LogP contribution is -2.35. The summed E-state index contributed by atoms with van der Waals surface area (Å²) in [6, 6.07) is 9.24. The zero-order valence-electron chi connectivity index (χ0n) is 17.9. The minimum absolute atomic E-state index is 0.0256. The number of aliphatic hydroxyl groups is 1. The molecule has 1 unspecified atom stereocenters. The van der Waals surface area contributed by atoms with Crippen LogP contribution in [-0.2, 0) is 34.1 Å². The summed E-state index contributed by atoms with van der Waals surface area (Å²) in [7, 11) is 0. The van der Waals surface area contributed by atoms with Gasteiger partial charge in [0.25, 0.3) is 0 Å². The second-order valence-corrected chi connectivity index (χ2v) is 8.49. The van der Waals surface area contributed by atoms with Gasteiger partial charge >= 0.3 is 18.3 Å². The number of carbonyl (C=O) groups is 1. The Kier molecular flexibility index (Phi) is 7.86. The van der Waals surface area contributed by atoms with Crippen molar-refractivity contribution >= 4 is 5.97 Å². The van der Waals surface area contributed by atoms with Crippen molar-refractivity contribution in [2.24, 2.45) is 5.41 Å². The van der Waals surface area contributed by atoms with Gasteiger partial charge in [0.1, 0.15) is 5.60 Å². The molecular weight excluding hydrogens is 454 g/mol. The molecule has 0 amide bonds. The highest BCUT2D eigenvalue weighted by atomic mass is 19.4. The highest BCUT2D eigenvalue weighted by Gasteiger charge is 2.38. The van der Waals surface area contributed by atoms with Gasteiger partial charge in [-0.1, -0.05) is 30.3 Å². The van der Waals surface area contributed by atoms with Gasteiger partial charge in [-0.2, -0.15) is 26.3 Å². The van der Waals surface area contributed by atoms with Crippen LogP contribution in [0, 0.1) is 5.41 Å². The molecule has 4 nitrogen and oxygen atoms in total. The van der Waals surface area contributed by atoms with Crippen LogP contribution in [0.4, 0.5) is 26.3 Å². The summed E-state index contributed by atoms with van der Waals surface area (Å²) in [6.07, 6.45) is -9.99. The van der Waals surface area contributed by atoms with Crippen molar-refractivity contribution in [3.8, 4) is 0 Å². The van der Waals surface area contributed by atoms with Crippen LogP contribution in [0.5, 0.6) is 0 Å². The molecule has 33 heavy (non-hydrogen) atoms. The van der Waals surface area contributed by atoms with Crippen molar-refractivity contribution in [2.75, 3.05) is 6.61 Å². The van der Waals surface area contributed by atoms with Gasteiger partial charge in [-0.05, 0) is 56.0 Å². The molecule has 0 saturated heterocycles. The van der Waals surface area contributed by atoms with Gasteiger partial charge in [0.2, 0.25) is 0 Å². The van der Waals surface area contributed by atoms with E-state index in [-0.39, 0.29) is 24.5 Å². The Balaban J connectivity index is 2.25. The normalized spacial score (nSPS) is 14.7. The van der Waals surface area contributed by atoms with E-state index < -0.39 is 53.7 Å². The molecule has 0 spiro atoms. The van der Waals surface area contributed by atoms with Crippen LogP contribution in [0.25, 0.3) is 0 Å². The zero-order valence-corrected chi connectivity index (χ0v) is 17.9. The van der Waals surface area contributed by atoms with E-state index in [1.54, 1.807) is 30.3 Å². The third kappa shape index (κ3) is 7.20. The number of hydrogen-bond acceptors (Lipinski definition) is 3. The number of ether oxygens (including phenoxy) is 1. The van der Waals surface area contributed by atoms with Crippen LogP contribution in [-0.4, -0.2) is 22.8 Å². The fraction of sp³-hybridized carbons (Fsp3) is 0.435. The van der Waals surface area contributed by atoms with Crippen molar-refractivity contribution in [3.05, 3.63) is 70.8 Å². The van der Waals surface area contributed by atoms with Crippen LogP contribution in [0.1, 0.15) is 48.9 Å². The van der Waals surface area contributed by atoms with Gasteiger partial charge in [0, 0.05) is 0 Å². The summed E-state index contributed by atoms with van der Waals surface area (Å²) in [4.78, 5) is 11.4. The topological polar surface area (TPSA) is 66.8 Å². The molecule has 0 saturated carbocycles. The summed E-state index contributed by atoms with van der Waals surface area (Å²) >= 11 is 0. The SMILES string of the molecule is CC(C)(CCC(O)(COCc1cc(C(F)(F)F)cc(C(F)(F)F)c1)c1ccccc1)C(=O)O. The lowest BCUT2D eigenvalue weighted by atomic mass is 9.80. The molecule has 2 N–H and O–H groups in total. The van der Waals surface area contributed by atoms with Crippen molar-refractivity contribution in [3.63, 3.8) is 0 Å². The van der Waals surface area contributed by atoms with Crippen LogP contribution < -0.4 is 0 Å². The van der Waals surface area contributed by atoms with E-state index in [2.05, 4.69) is 0 Å². The third-order valence-electron chi connectivity index (χ3n) is 5.31. The van der Waals surface area contributed by atoms with E-state index in [9.17, 15) is 41.4 Å². The number of carboxylic acids is 1. The summed E-state index contributed by atoms with van der Waals surface area (Å²) in [5.74, 6) is -1.08. The number of aliphatic carboxylic acids is 1. The number of carboxylic acid groups (broad SMARTS) is 1. The van der Waals surface area contributed by atoms with Crippen LogP contribution >= 0.6 is 0 Å². The van der Waals surface area contributed by atoms with Crippen molar-refractivity contribution in [2.45, 2.75) is 51.2 Å². The fourth-order valence-corrected chi connectivity index (χ4v) is 3.11. The maximum Gasteiger partial charge on any atom is 0.416 e. The van der Waals surface area contributed by atoms with E-state index in [4.69, 9.17) is 4.74 Å². The second kappa shape index (κ2) is 9.72. The number of halogens is 6. The lowest BCUT2D eigenvalue weighted by Gasteiger charge is -2.31. The van der Waals surface area contributed by atoms with Crippen LogP contribution in [0.15, 0.2) is 48.5 Å². The first kappa shape index (κ1) is 26.7. The highest BCUT2D eigenvalue weighted by Crippen LogP contribution is 2.37. The third-order valence-corrected chi connectivity index (χ3v) is 5.31. The Bertz CT molecular complexity index is 921. The molecule has 0 bridgehead atoms. The Hall–Kier alpha value is -2.59. The zero-order chi connectivity index (χ0) is 25.1. The molecule has 2 aromatic carbocycles. The molecule has 1 atom stereocenters. The molecule has 0 aliphatic heterocycles. The Morgan fingerprint density at radius 2 is 1.36 bits per heavy atom. The van der Waals surface area contributed by atoms with Gasteiger partial charge in [-0.15, -0.1) is 0 Å². The van der Waals surface area contributed by atoms with Gasteiger partial charge in [-0.25, -0.2) is 0 Å². The largest absolute Gasteiger partial charge is 0.481 e. The standard InChI is InChI=1S/C23H24F6O4/c1-20(2,19(30)31)8-9-21(32,16-6-4-3-5-7-16)14-33-13-15-10-17(22(24,25)26)12-18(11-15)23(27,28)29/h3-7,10-12,32H,8-9,13-14H2,1-2H3,(H,30,31). The smallest absolute Gasteiger partial charge is 0.416 e. The second-order valence-electron chi connectivity index (χ2n) is 8.49. The first-order valence-electron chi connectivity index (χ1n) is 9.92. The van der Waals surface area contributed by atoms with Crippen molar-refractivity contribution in [1.29, 1.82) is 0 Å². The molecule has 2 aromatic rings. The number of alkyl halides is 6. The fourth-order valence-electron chi connectivity index (χ4n) is 3.11. The maximum atomic E-state index is 13.1. The number of hydrogen-bond donors (Lipinski definition) is 2. The molecule has 0 heterocycles. The average molecular weight is 478 g/mol. The minimum Gasteiger partial charge on any atom is -0.481 e. The summed E-state index contributed by atoms with van der Waals surface area (Å²) in [6.45, 7) is 1.86. The lowest BCUT2D eigenvalue weighted by molar-refractivity contribution is -0.149. The minimum atomic E-state index is -4.98. The predicted molar refractivity (Wildman–Crippen MR) is 107 cm³/mol. The summed E-state index contributed by atoms with van der Waals surface area (Å²) in [5, 5.41) is 20.5. The Labute approximate surface area is 186 Å². The molecule has 182 valence electrons. The van der Waals surface area contributed by atoms with Crippen LogP contribution in [0.3, 0.4) is 0 Å².